The van der Waals surface area contributed by atoms with Gasteiger partial charge in [-0.3, -0.25) is 4.79 Å². The molecule has 2 atom stereocenters. The third-order valence-corrected chi connectivity index (χ3v) is 6.86. The fraction of sp³-hybridized carbons (Fsp3) is 0.944. The zero-order valence-electron chi connectivity index (χ0n) is 13.6. The minimum atomic E-state index is 0. The van der Waals surface area contributed by atoms with Crippen LogP contribution < -0.4 is 11.1 Å². The van der Waals surface area contributed by atoms with Crippen molar-refractivity contribution in [2.45, 2.75) is 82.2 Å². The SMILES string of the molecule is Cl.NC1CCCCC1CC(=O)NC12CC3CC(CC(C3)C1)C2. The first kappa shape index (κ1) is 16.6. The molecule has 0 radical (unpaired) electrons. The summed E-state index contributed by atoms with van der Waals surface area (Å²) in [5.74, 6) is 3.41. The van der Waals surface area contributed by atoms with E-state index < -0.39 is 0 Å². The summed E-state index contributed by atoms with van der Waals surface area (Å²) in [6.45, 7) is 0. The normalized spacial score (nSPS) is 46.1. The smallest absolute Gasteiger partial charge is 0.220 e. The number of hydrogen-bond donors (Lipinski definition) is 2. The van der Waals surface area contributed by atoms with Gasteiger partial charge in [0.15, 0.2) is 0 Å². The Kier molecular flexibility index (Phi) is 4.76. The van der Waals surface area contributed by atoms with E-state index in [2.05, 4.69) is 5.32 Å². The third kappa shape index (κ3) is 3.17. The highest BCUT2D eigenvalue weighted by molar-refractivity contribution is 5.85. The molecule has 126 valence electrons. The molecule has 2 unspecified atom stereocenters. The molecule has 0 aromatic heterocycles. The van der Waals surface area contributed by atoms with Crippen molar-refractivity contribution >= 4 is 18.3 Å². The topological polar surface area (TPSA) is 55.1 Å². The summed E-state index contributed by atoms with van der Waals surface area (Å²) in [5.41, 5.74) is 6.38. The van der Waals surface area contributed by atoms with Crippen molar-refractivity contribution in [2.24, 2.45) is 29.4 Å². The molecule has 4 heteroatoms. The van der Waals surface area contributed by atoms with E-state index in [9.17, 15) is 4.79 Å². The Morgan fingerprint density at radius 1 is 1.00 bits per heavy atom. The highest BCUT2D eigenvalue weighted by Gasteiger charge is 2.51. The number of halogens is 1. The average molecular weight is 327 g/mol. The molecule has 0 aromatic rings. The fourth-order valence-electron chi connectivity index (χ4n) is 6.34. The summed E-state index contributed by atoms with van der Waals surface area (Å²) in [5, 5.41) is 3.50. The number of carbonyl (C=O) groups is 1. The minimum Gasteiger partial charge on any atom is -0.351 e. The van der Waals surface area contributed by atoms with E-state index in [1.54, 1.807) is 0 Å². The van der Waals surface area contributed by atoms with Crippen LogP contribution in [0, 0.1) is 23.7 Å². The lowest BCUT2D eigenvalue weighted by atomic mass is 9.53. The van der Waals surface area contributed by atoms with E-state index >= 15 is 0 Å². The monoisotopic (exact) mass is 326 g/mol. The van der Waals surface area contributed by atoms with Gasteiger partial charge in [-0.05, 0) is 75.0 Å². The fourth-order valence-corrected chi connectivity index (χ4v) is 6.34. The third-order valence-electron chi connectivity index (χ3n) is 6.86. The van der Waals surface area contributed by atoms with Gasteiger partial charge in [0.2, 0.25) is 5.91 Å². The van der Waals surface area contributed by atoms with Crippen molar-refractivity contribution in [2.75, 3.05) is 0 Å². The lowest BCUT2D eigenvalue weighted by Gasteiger charge is -2.57. The Bertz CT molecular complexity index is 390. The van der Waals surface area contributed by atoms with Gasteiger partial charge >= 0.3 is 0 Å². The first-order valence-corrected chi connectivity index (χ1v) is 9.18. The van der Waals surface area contributed by atoms with E-state index in [0.29, 0.717) is 18.2 Å². The highest BCUT2D eigenvalue weighted by atomic mass is 35.5. The lowest BCUT2D eigenvalue weighted by molar-refractivity contribution is -0.128. The van der Waals surface area contributed by atoms with Crippen LogP contribution in [0.2, 0.25) is 0 Å². The van der Waals surface area contributed by atoms with Crippen molar-refractivity contribution in [3.05, 3.63) is 0 Å². The van der Waals surface area contributed by atoms with Crippen LogP contribution in [0.15, 0.2) is 0 Å². The number of carbonyl (C=O) groups excluding carboxylic acids is 1. The molecular weight excluding hydrogens is 296 g/mol. The maximum absolute atomic E-state index is 12.6. The van der Waals surface area contributed by atoms with Crippen LogP contribution in [0.25, 0.3) is 0 Å². The van der Waals surface area contributed by atoms with Gasteiger partial charge in [-0.25, -0.2) is 0 Å². The molecule has 1 amide bonds. The summed E-state index contributed by atoms with van der Waals surface area (Å²) >= 11 is 0. The summed E-state index contributed by atoms with van der Waals surface area (Å²) in [4.78, 5) is 12.6. The van der Waals surface area contributed by atoms with Gasteiger partial charge in [-0.1, -0.05) is 12.8 Å². The van der Waals surface area contributed by atoms with Gasteiger partial charge in [-0.15, -0.1) is 12.4 Å². The summed E-state index contributed by atoms with van der Waals surface area (Å²) in [6, 6.07) is 0.251. The Morgan fingerprint density at radius 2 is 1.55 bits per heavy atom. The minimum absolute atomic E-state index is 0. The lowest BCUT2D eigenvalue weighted by Crippen LogP contribution is -2.60. The molecule has 22 heavy (non-hydrogen) atoms. The Morgan fingerprint density at radius 3 is 2.09 bits per heavy atom. The van der Waals surface area contributed by atoms with Gasteiger partial charge in [-0.2, -0.15) is 0 Å². The number of nitrogens with one attached hydrogen (secondary N) is 1. The van der Waals surface area contributed by atoms with Crippen LogP contribution in [0.4, 0.5) is 0 Å². The summed E-state index contributed by atoms with van der Waals surface area (Å²) < 4.78 is 0. The zero-order chi connectivity index (χ0) is 14.4. The van der Waals surface area contributed by atoms with E-state index in [0.717, 1.165) is 30.6 Å². The van der Waals surface area contributed by atoms with Gasteiger partial charge in [0.25, 0.3) is 0 Å². The molecule has 0 aliphatic heterocycles. The molecule has 3 nitrogen and oxygen atoms in total. The Labute approximate surface area is 140 Å². The molecule has 5 rings (SSSR count). The largest absolute Gasteiger partial charge is 0.351 e. The number of nitrogens with two attached hydrogens (primary N) is 1. The second-order valence-corrected chi connectivity index (χ2v) is 8.66. The highest BCUT2D eigenvalue weighted by Crippen LogP contribution is 2.55. The molecule has 4 bridgehead atoms. The maximum atomic E-state index is 12.6. The second-order valence-electron chi connectivity index (χ2n) is 8.66. The molecule has 0 aromatic carbocycles. The maximum Gasteiger partial charge on any atom is 0.220 e. The van der Waals surface area contributed by atoms with Crippen LogP contribution in [-0.4, -0.2) is 17.5 Å². The van der Waals surface area contributed by atoms with Gasteiger partial charge < -0.3 is 11.1 Å². The summed E-state index contributed by atoms with van der Waals surface area (Å²) in [6.07, 6.45) is 13.5. The molecule has 5 saturated carbocycles. The van der Waals surface area contributed by atoms with Crippen LogP contribution in [0.3, 0.4) is 0 Å². The molecule has 3 N–H and O–H groups in total. The van der Waals surface area contributed by atoms with Crippen LogP contribution >= 0.6 is 12.4 Å². The molecule has 0 heterocycles. The predicted octanol–water partition coefficient (Wildman–Crippen LogP) is 3.40. The van der Waals surface area contributed by atoms with Gasteiger partial charge in [0.05, 0.1) is 0 Å². The van der Waals surface area contributed by atoms with E-state index in [1.807, 2.05) is 0 Å². The van der Waals surface area contributed by atoms with Crippen molar-refractivity contribution < 1.29 is 4.79 Å². The molecule has 0 saturated heterocycles. The van der Waals surface area contributed by atoms with E-state index in [1.165, 1.54) is 51.4 Å². The molecule has 0 spiro atoms. The van der Waals surface area contributed by atoms with Crippen molar-refractivity contribution in [3.63, 3.8) is 0 Å². The van der Waals surface area contributed by atoms with Crippen molar-refractivity contribution in [1.29, 1.82) is 0 Å². The number of rotatable bonds is 3. The van der Waals surface area contributed by atoms with Crippen LogP contribution in [0.1, 0.15) is 70.6 Å². The van der Waals surface area contributed by atoms with E-state index in [4.69, 9.17) is 5.73 Å². The number of hydrogen-bond acceptors (Lipinski definition) is 2. The Hall–Kier alpha value is -0.280. The summed E-state index contributed by atoms with van der Waals surface area (Å²) in [7, 11) is 0. The zero-order valence-corrected chi connectivity index (χ0v) is 14.4. The first-order chi connectivity index (χ1) is 10.1. The molecule has 5 aliphatic rings. The van der Waals surface area contributed by atoms with Gasteiger partial charge in [0, 0.05) is 18.0 Å². The van der Waals surface area contributed by atoms with Gasteiger partial charge in [0.1, 0.15) is 0 Å². The van der Waals surface area contributed by atoms with Crippen molar-refractivity contribution in [3.8, 4) is 0 Å². The standard InChI is InChI=1S/C18H30N2O.ClH/c19-16-4-2-1-3-15(16)8-17(21)20-18-9-12-5-13(10-18)7-14(6-12)11-18;/h12-16H,1-11,19H2,(H,20,21);1H. The predicted molar refractivity (Wildman–Crippen MR) is 90.8 cm³/mol. The average Bonchev–Trinajstić information content (AvgIpc) is 2.39. The Balaban J connectivity index is 0.00000144. The molecule has 5 aliphatic carbocycles. The quantitative estimate of drug-likeness (QED) is 0.835. The van der Waals surface area contributed by atoms with Crippen LogP contribution in [-0.2, 0) is 4.79 Å². The number of amides is 1. The molecule has 5 fully saturated rings. The van der Waals surface area contributed by atoms with Crippen LogP contribution in [0.5, 0.6) is 0 Å². The molecular formula is C18H31ClN2O. The second kappa shape index (κ2) is 6.32. The first-order valence-electron chi connectivity index (χ1n) is 9.18. The van der Waals surface area contributed by atoms with Crippen molar-refractivity contribution in [1.82, 2.24) is 5.32 Å². The van der Waals surface area contributed by atoms with E-state index in [-0.39, 0.29) is 24.0 Å².